The smallest absolute Gasteiger partial charge is 0.337 e. The lowest BCUT2D eigenvalue weighted by Crippen LogP contribution is -2.46. The number of likely N-dealkylation sites (N-methyl/N-ethyl adjacent to an activating group) is 1. The summed E-state index contributed by atoms with van der Waals surface area (Å²) in [5, 5.41) is 3.20. The molecule has 0 radical (unpaired) electrons. The van der Waals surface area contributed by atoms with Gasteiger partial charge in [-0.05, 0) is 37.6 Å². The SMILES string of the molecule is COC(=O)c1cccc(S(=O)(=O)N(C)C2CCCNC2)c1. The van der Waals surface area contributed by atoms with Crippen LogP contribution in [-0.4, -0.2) is 52.0 Å². The number of methoxy groups -OCH3 is 1. The number of carbonyl (C=O) groups excluding carboxylic acids is 1. The fraction of sp³-hybridized carbons (Fsp3) is 0.500. The molecular formula is C14H20N2O4S. The highest BCUT2D eigenvalue weighted by atomic mass is 32.2. The summed E-state index contributed by atoms with van der Waals surface area (Å²) in [5.74, 6) is -0.547. The van der Waals surface area contributed by atoms with Crippen LogP contribution in [0.5, 0.6) is 0 Å². The zero-order chi connectivity index (χ0) is 15.5. The Morgan fingerprint density at radius 1 is 1.43 bits per heavy atom. The number of ether oxygens (including phenoxy) is 1. The minimum absolute atomic E-state index is 0.0643. The topological polar surface area (TPSA) is 75.7 Å². The van der Waals surface area contributed by atoms with Crippen molar-refractivity contribution in [3.63, 3.8) is 0 Å². The van der Waals surface area contributed by atoms with E-state index in [1.807, 2.05) is 0 Å². The van der Waals surface area contributed by atoms with E-state index in [1.54, 1.807) is 13.1 Å². The van der Waals surface area contributed by atoms with Gasteiger partial charge >= 0.3 is 5.97 Å². The molecule has 2 rings (SSSR count). The highest BCUT2D eigenvalue weighted by Gasteiger charge is 2.29. The van der Waals surface area contributed by atoms with E-state index in [4.69, 9.17) is 0 Å². The summed E-state index contributed by atoms with van der Waals surface area (Å²) in [7, 11) is -0.769. The molecule has 1 aromatic carbocycles. The molecule has 1 fully saturated rings. The largest absolute Gasteiger partial charge is 0.465 e. The van der Waals surface area contributed by atoms with Crippen molar-refractivity contribution < 1.29 is 17.9 Å². The minimum Gasteiger partial charge on any atom is -0.465 e. The first kappa shape index (κ1) is 15.9. The highest BCUT2D eigenvalue weighted by Crippen LogP contribution is 2.21. The number of hydrogen-bond donors (Lipinski definition) is 1. The van der Waals surface area contributed by atoms with Crippen LogP contribution in [0.1, 0.15) is 23.2 Å². The lowest BCUT2D eigenvalue weighted by molar-refractivity contribution is 0.0600. The molecule has 0 bridgehead atoms. The van der Waals surface area contributed by atoms with Gasteiger partial charge < -0.3 is 10.1 Å². The van der Waals surface area contributed by atoms with Crippen LogP contribution in [-0.2, 0) is 14.8 Å². The Kier molecular flexibility index (Phi) is 4.97. The third kappa shape index (κ3) is 3.42. The third-order valence-corrected chi connectivity index (χ3v) is 5.62. The molecule has 1 aliphatic rings. The van der Waals surface area contributed by atoms with Gasteiger partial charge in [-0.3, -0.25) is 0 Å². The normalized spacial score (nSPS) is 19.5. The van der Waals surface area contributed by atoms with E-state index in [2.05, 4.69) is 10.1 Å². The van der Waals surface area contributed by atoms with Gasteiger partial charge in [-0.15, -0.1) is 0 Å². The number of carbonyl (C=O) groups is 1. The molecule has 0 spiro atoms. The van der Waals surface area contributed by atoms with Crippen LogP contribution in [0.3, 0.4) is 0 Å². The molecule has 0 aromatic heterocycles. The quantitative estimate of drug-likeness (QED) is 0.834. The summed E-state index contributed by atoms with van der Waals surface area (Å²) >= 11 is 0. The van der Waals surface area contributed by atoms with Gasteiger partial charge in [0, 0.05) is 19.6 Å². The van der Waals surface area contributed by atoms with Crippen LogP contribution >= 0.6 is 0 Å². The predicted octanol–water partition coefficient (Wildman–Crippen LogP) is 0.846. The molecule has 21 heavy (non-hydrogen) atoms. The lowest BCUT2D eigenvalue weighted by Gasteiger charge is -2.30. The van der Waals surface area contributed by atoms with Crippen LogP contribution in [0.2, 0.25) is 0 Å². The molecule has 1 N–H and O–H groups in total. The Bertz CT molecular complexity index is 609. The average Bonchev–Trinajstić information content (AvgIpc) is 2.54. The number of hydrogen-bond acceptors (Lipinski definition) is 5. The Labute approximate surface area is 125 Å². The molecule has 1 saturated heterocycles. The van der Waals surface area contributed by atoms with Gasteiger partial charge in [-0.25, -0.2) is 13.2 Å². The molecule has 0 saturated carbocycles. The van der Waals surface area contributed by atoms with E-state index in [1.165, 1.54) is 29.6 Å². The summed E-state index contributed by atoms with van der Waals surface area (Å²) < 4.78 is 31.3. The maximum absolute atomic E-state index is 12.6. The van der Waals surface area contributed by atoms with Crippen LogP contribution in [0.25, 0.3) is 0 Å². The van der Waals surface area contributed by atoms with Crippen LogP contribution in [0.15, 0.2) is 29.2 Å². The van der Waals surface area contributed by atoms with E-state index < -0.39 is 16.0 Å². The van der Waals surface area contributed by atoms with Crippen molar-refractivity contribution in [2.24, 2.45) is 0 Å². The molecule has 0 aliphatic carbocycles. The molecule has 116 valence electrons. The van der Waals surface area contributed by atoms with E-state index >= 15 is 0 Å². The first-order valence-electron chi connectivity index (χ1n) is 6.84. The predicted molar refractivity (Wildman–Crippen MR) is 78.6 cm³/mol. The summed E-state index contributed by atoms with van der Waals surface area (Å²) in [4.78, 5) is 11.6. The Hall–Kier alpha value is -1.44. The number of benzene rings is 1. The summed E-state index contributed by atoms with van der Waals surface area (Å²) in [6.07, 6.45) is 1.78. The maximum atomic E-state index is 12.6. The molecule has 0 amide bonds. The zero-order valence-electron chi connectivity index (χ0n) is 12.2. The van der Waals surface area contributed by atoms with E-state index in [0.29, 0.717) is 6.54 Å². The fourth-order valence-corrected chi connectivity index (χ4v) is 3.84. The van der Waals surface area contributed by atoms with Crippen molar-refractivity contribution in [1.29, 1.82) is 0 Å². The molecule has 7 heteroatoms. The third-order valence-electron chi connectivity index (χ3n) is 3.72. The minimum atomic E-state index is -3.62. The van der Waals surface area contributed by atoms with Crippen molar-refractivity contribution in [2.45, 2.75) is 23.8 Å². The second-order valence-electron chi connectivity index (χ2n) is 5.04. The van der Waals surface area contributed by atoms with Crippen LogP contribution in [0.4, 0.5) is 0 Å². The Morgan fingerprint density at radius 2 is 2.19 bits per heavy atom. The monoisotopic (exact) mass is 312 g/mol. The molecule has 1 aromatic rings. The van der Waals surface area contributed by atoms with Crippen molar-refractivity contribution >= 4 is 16.0 Å². The first-order chi connectivity index (χ1) is 9.96. The number of rotatable bonds is 4. The average molecular weight is 312 g/mol. The highest BCUT2D eigenvalue weighted by molar-refractivity contribution is 7.89. The van der Waals surface area contributed by atoms with Gasteiger partial charge in [0.25, 0.3) is 0 Å². The van der Waals surface area contributed by atoms with Crippen LogP contribution in [0, 0.1) is 0 Å². The standard InChI is InChI=1S/C14H20N2O4S/c1-16(12-6-4-8-15-10-12)21(18,19)13-7-3-5-11(9-13)14(17)20-2/h3,5,7,9,12,15H,4,6,8,10H2,1-2H3. The Morgan fingerprint density at radius 3 is 2.81 bits per heavy atom. The van der Waals surface area contributed by atoms with E-state index in [0.717, 1.165) is 19.4 Å². The van der Waals surface area contributed by atoms with Crippen molar-refractivity contribution in [3.05, 3.63) is 29.8 Å². The molecule has 1 unspecified atom stereocenters. The van der Waals surface area contributed by atoms with Gasteiger partial charge in [0.2, 0.25) is 10.0 Å². The molecule has 6 nitrogen and oxygen atoms in total. The second kappa shape index (κ2) is 6.55. The van der Waals surface area contributed by atoms with E-state index in [-0.39, 0.29) is 16.5 Å². The number of nitrogens with one attached hydrogen (secondary N) is 1. The van der Waals surface area contributed by atoms with Crippen molar-refractivity contribution in [2.75, 3.05) is 27.2 Å². The fourth-order valence-electron chi connectivity index (χ4n) is 2.41. The zero-order valence-corrected chi connectivity index (χ0v) is 13.0. The number of nitrogens with zero attached hydrogens (tertiary/aromatic N) is 1. The van der Waals surface area contributed by atoms with Gasteiger partial charge in [-0.2, -0.15) is 4.31 Å². The molecular weight excluding hydrogens is 292 g/mol. The van der Waals surface area contributed by atoms with Crippen LogP contribution < -0.4 is 5.32 Å². The number of esters is 1. The van der Waals surface area contributed by atoms with Gasteiger partial charge in [0.05, 0.1) is 17.6 Å². The maximum Gasteiger partial charge on any atom is 0.337 e. The number of sulfonamides is 1. The summed E-state index contributed by atoms with van der Waals surface area (Å²) in [6, 6.07) is 5.87. The summed E-state index contributed by atoms with van der Waals surface area (Å²) in [6.45, 7) is 1.56. The molecule has 1 atom stereocenters. The molecule has 1 heterocycles. The lowest BCUT2D eigenvalue weighted by atomic mass is 10.1. The van der Waals surface area contributed by atoms with Crippen molar-refractivity contribution in [1.82, 2.24) is 9.62 Å². The van der Waals surface area contributed by atoms with Gasteiger partial charge in [0.1, 0.15) is 0 Å². The first-order valence-corrected chi connectivity index (χ1v) is 8.28. The molecule has 1 aliphatic heterocycles. The summed E-state index contributed by atoms with van der Waals surface area (Å²) in [5.41, 5.74) is 0.230. The van der Waals surface area contributed by atoms with Gasteiger partial charge in [-0.1, -0.05) is 6.07 Å². The van der Waals surface area contributed by atoms with E-state index in [9.17, 15) is 13.2 Å². The van der Waals surface area contributed by atoms with Gasteiger partial charge in [0.15, 0.2) is 0 Å². The van der Waals surface area contributed by atoms with Crippen molar-refractivity contribution in [3.8, 4) is 0 Å². The Balaban J connectivity index is 2.28. The number of piperidine rings is 1. The second-order valence-corrected chi connectivity index (χ2v) is 7.04.